The molecule has 5 heteroatoms. The van der Waals surface area contributed by atoms with E-state index in [0.29, 0.717) is 12.3 Å². The molecule has 20 heavy (non-hydrogen) atoms. The zero-order valence-corrected chi connectivity index (χ0v) is 12.1. The first kappa shape index (κ1) is 14.5. The normalized spacial score (nSPS) is 19.0. The van der Waals surface area contributed by atoms with E-state index in [4.69, 9.17) is 4.74 Å². The third-order valence-corrected chi connectivity index (χ3v) is 3.09. The van der Waals surface area contributed by atoms with Crippen LogP contribution in [0.3, 0.4) is 0 Å². The highest BCUT2D eigenvalue weighted by atomic mass is 16.5. The van der Waals surface area contributed by atoms with Crippen LogP contribution < -0.4 is 15.0 Å². The van der Waals surface area contributed by atoms with E-state index in [1.165, 1.54) is 4.90 Å². The van der Waals surface area contributed by atoms with Crippen molar-refractivity contribution in [3.8, 4) is 5.75 Å². The molecule has 0 bridgehead atoms. The number of rotatable bonds is 5. The van der Waals surface area contributed by atoms with Gasteiger partial charge in [-0.2, -0.15) is 0 Å². The van der Waals surface area contributed by atoms with Crippen molar-refractivity contribution in [1.29, 1.82) is 0 Å². The zero-order chi connectivity index (χ0) is 14.7. The number of benzene rings is 1. The summed E-state index contributed by atoms with van der Waals surface area (Å²) >= 11 is 0. The molecular formula is C15H20N2O3. The largest absolute Gasteiger partial charge is 0.494 e. The quantitative estimate of drug-likeness (QED) is 0.832. The Morgan fingerprint density at radius 1 is 1.30 bits per heavy atom. The minimum Gasteiger partial charge on any atom is -0.494 e. The maximum absolute atomic E-state index is 12.3. The van der Waals surface area contributed by atoms with E-state index in [-0.39, 0.29) is 24.3 Å². The number of nitrogens with one attached hydrogen (secondary N) is 1. The van der Waals surface area contributed by atoms with Gasteiger partial charge in [0.1, 0.15) is 5.75 Å². The summed E-state index contributed by atoms with van der Waals surface area (Å²) in [6, 6.07) is 6.74. The molecule has 0 spiro atoms. The fourth-order valence-electron chi connectivity index (χ4n) is 2.29. The van der Waals surface area contributed by atoms with Gasteiger partial charge in [-0.1, -0.05) is 13.8 Å². The number of carbonyl (C=O) groups excluding carboxylic acids is 2. The van der Waals surface area contributed by atoms with Crippen molar-refractivity contribution in [3.05, 3.63) is 24.3 Å². The standard InChI is InChI=1S/C15H20N2O3/c1-4-20-12-7-5-11(6-8-12)17-14(18)9-13(15(17)19)16-10(2)3/h5-8,10,13,16H,4,9H2,1-3H3. The van der Waals surface area contributed by atoms with Crippen molar-refractivity contribution >= 4 is 17.5 Å². The Kier molecular flexibility index (Phi) is 4.39. The number of hydrogen-bond acceptors (Lipinski definition) is 4. The molecule has 1 aromatic carbocycles. The van der Waals surface area contributed by atoms with Crippen molar-refractivity contribution in [2.45, 2.75) is 39.3 Å². The van der Waals surface area contributed by atoms with E-state index >= 15 is 0 Å². The molecule has 1 atom stereocenters. The van der Waals surface area contributed by atoms with Gasteiger partial charge in [0.25, 0.3) is 5.91 Å². The highest BCUT2D eigenvalue weighted by molar-refractivity contribution is 6.22. The number of carbonyl (C=O) groups is 2. The lowest BCUT2D eigenvalue weighted by atomic mass is 10.2. The lowest BCUT2D eigenvalue weighted by Crippen LogP contribution is -2.41. The molecular weight excluding hydrogens is 256 g/mol. The van der Waals surface area contributed by atoms with Gasteiger partial charge in [0.2, 0.25) is 5.91 Å². The van der Waals surface area contributed by atoms with Crippen LogP contribution in [0.4, 0.5) is 5.69 Å². The molecule has 2 rings (SSSR count). The van der Waals surface area contributed by atoms with E-state index < -0.39 is 6.04 Å². The van der Waals surface area contributed by atoms with Crippen molar-refractivity contribution in [3.63, 3.8) is 0 Å². The first-order valence-corrected chi connectivity index (χ1v) is 6.88. The van der Waals surface area contributed by atoms with Crippen LogP contribution in [-0.4, -0.2) is 30.5 Å². The summed E-state index contributed by atoms with van der Waals surface area (Å²) in [4.78, 5) is 25.5. The van der Waals surface area contributed by atoms with Gasteiger partial charge in [0, 0.05) is 6.04 Å². The average molecular weight is 276 g/mol. The predicted octanol–water partition coefficient (Wildman–Crippen LogP) is 1.72. The number of hydrogen-bond donors (Lipinski definition) is 1. The molecule has 108 valence electrons. The third-order valence-electron chi connectivity index (χ3n) is 3.09. The summed E-state index contributed by atoms with van der Waals surface area (Å²) in [6.07, 6.45) is 0.213. The van der Waals surface area contributed by atoms with Gasteiger partial charge in [-0.15, -0.1) is 0 Å². The first-order chi connectivity index (χ1) is 9.52. The number of imide groups is 1. The molecule has 0 aromatic heterocycles. The molecule has 1 aliphatic rings. The van der Waals surface area contributed by atoms with Crippen LogP contribution in [0.15, 0.2) is 24.3 Å². The van der Waals surface area contributed by atoms with Gasteiger partial charge in [0.15, 0.2) is 0 Å². The van der Waals surface area contributed by atoms with Crippen LogP contribution in [0, 0.1) is 0 Å². The Morgan fingerprint density at radius 3 is 2.50 bits per heavy atom. The Hall–Kier alpha value is -1.88. The van der Waals surface area contributed by atoms with E-state index in [1.54, 1.807) is 24.3 Å². The predicted molar refractivity (Wildman–Crippen MR) is 76.8 cm³/mol. The maximum Gasteiger partial charge on any atom is 0.251 e. The molecule has 1 unspecified atom stereocenters. The summed E-state index contributed by atoms with van der Waals surface area (Å²) < 4.78 is 5.35. The summed E-state index contributed by atoms with van der Waals surface area (Å²) in [5, 5.41) is 3.12. The summed E-state index contributed by atoms with van der Waals surface area (Å²) in [5.74, 6) is 0.373. The first-order valence-electron chi connectivity index (χ1n) is 6.88. The van der Waals surface area contributed by atoms with E-state index in [1.807, 2.05) is 20.8 Å². The minimum atomic E-state index is -0.422. The van der Waals surface area contributed by atoms with Crippen LogP contribution in [0.25, 0.3) is 0 Å². The monoisotopic (exact) mass is 276 g/mol. The van der Waals surface area contributed by atoms with Crippen LogP contribution in [0.5, 0.6) is 5.75 Å². The summed E-state index contributed by atoms with van der Waals surface area (Å²) in [5.41, 5.74) is 0.594. The van der Waals surface area contributed by atoms with E-state index in [0.717, 1.165) is 5.75 Å². The number of nitrogens with zero attached hydrogens (tertiary/aromatic N) is 1. The van der Waals surface area contributed by atoms with Gasteiger partial charge >= 0.3 is 0 Å². The molecule has 1 heterocycles. The second kappa shape index (κ2) is 6.05. The van der Waals surface area contributed by atoms with Crippen LogP contribution >= 0.6 is 0 Å². The average Bonchev–Trinajstić information content (AvgIpc) is 2.65. The molecule has 5 nitrogen and oxygen atoms in total. The highest BCUT2D eigenvalue weighted by Crippen LogP contribution is 2.25. The lowest BCUT2D eigenvalue weighted by Gasteiger charge is -2.17. The van der Waals surface area contributed by atoms with Crippen molar-refractivity contribution in [2.24, 2.45) is 0 Å². The Morgan fingerprint density at radius 2 is 1.95 bits per heavy atom. The molecule has 1 aliphatic heterocycles. The number of anilines is 1. The molecule has 1 aromatic rings. The smallest absolute Gasteiger partial charge is 0.251 e. The molecule has 2 amide bonds. The van der Waals surface area contributed by atoms with E-state index in [2.05, 4.69) is 5.32 Å². The van der Waals surface area contributed by atoms with Gasteiger partial charge in [-0.25, -0.2) is 4.90 Å². The molecule has 0 radical (unpaired) electrons. The van der Waals surface area contributed by atoms with E-state index in [9.17, 15) is 9.59 Å². The SMILES string of the molecule is CCOc1ccc(N2C(=O)CC(NC(C)C)C2=O)cc1. The number of ether oxygens (including phenoxy) is 1. The molecule has 1 N–H and O–H groups in total. The summed E-state index contributed by atoms with van der Waals surface area (Å²) in [6.45, 7) is 6.40. The minimum absolute atomic E-state index is 0.164. The molecule has 1 fully saturated rings. The zero-order valence-electron chi connectivity index (χ0n) is 12.1. The van der Waals surface area contributed by atoms with Gasteiger partial charge in [-0.05, 0) is 31.2 Å². The molecule has 0 aliphatic carbocycles. The van der Waals surface area contributed by atoms with Crippen LogP contribution in [-0.2, 0) is 9.59 Å². The van der Waals surface area contributed by atoms with Crippen molar-refractivity contribution in [2.75, 3.05) is 11.5 Å². The molecule has 0 saturated carbocycles. The van der Waals surface area contributed by atoms with Gasteiger partial charge in [0.05, 0.1) is 24.8 Å². The fraction of sp³-hybridized carbons (Fsp3) is 0.467. The second-order valence-electron chi connectivity index (χ2n) is 5.07. The summed E-state index contributed by atoms with van der Waals surface area (Å²) in [7, 11) is 0. The third kappa shape index (κ3) is 2.99. The van der Waals surface area contributed by atoms with Crippen LogP contribution in [0.1, 0.15) is 27.2 Å². The van der Waals surface area contributed by atoms with Crippen LogP contribution in [0.2, 0.25) is 0 Å². The highest BCUT2D eigenvalue weighted by Gasteiger charge is 2.39. The second-order valence-corrected chi connectivity index (χ2v) is 5.07. The van der Waals surface area contributed by atoms with Gasteiger partial charge in [-0.3, -0.25) is 9.59 Å². The topological polar surface area (TPSA) is 58.6 Å². The van der Waals surface area contributed by atoms with Gasteiger partial charge < -0.3 is 10.1 Å². The number of amides is 2. The lowest BCUT2D eigenvalue weighted by molar-refractivity contribution is -0.121. The Labute approximate surface area is 118 Å². The molecule has 1 saturated heterocycles. The Balaban J connectivity index is 2.15. The Bertz CT molecular complexity index is 496. The maximum atomic E-state index is 12.3. The van der Waals surface area contributed by atoms with Crippen molar-refractivity contribution in [1.82, 2.24) is 5.32 Å². The fourth-order valence-corrected chi connectivity index (χ4v) is 2.29. The van der Waals surface area contributed by atoms with Crippen molar-refractivity contribution < 1.29 is 14.3 Å².